The summed E-state index contributed by atoms with van der Waals surface area (Å²) in [6, 6.07) is 4.60. The van der Waals surface area contributed by atoms with Gasteiger partial charge < -0.3 is 49.0 Å². The van der Waals surface area contributed by atoms with Crippen LogP contribution in [0.4, 0.5) is 9.59 Å². The highest BCUT2D eigenvalue weighted by atomic mass is 35.5. The van der Waals surface area contributed by atoms with Gasteiger partial charge in [-0.15, -0.1) is 18.2 Å². The maximum atomic E-state index is 13.6. The van der Waals surface area contributed by atoms with Crippen molar-refractivity contribution in [2.24, 2.45) is 22.9 Å². The number of benzene rings is 1. The van der Waals surface area contributed by atoms with Crippen molar-refractivity contribution in [1.29, 1.82) is 0 Å². The van der Waals surface area contributed by atoms with Gasteiger partial charge >= 0.3 is 12.2 Å². The van der Waals surface area contributed by atoms with Crippen LogP contribution in [-0.2, 0) is 19.0 Å². The molecule has 0 bridgehead atoms. The minimum Gasteiger partial charge on any atom is -0.459 e. The molecule has 2 fully saturated rings. The Kier molecular flexibility index (Phi) is 15.3. The van der Waals surface area contributed by atoms with Gasteiger partial charge in [0.05, 0.1) is 30.7 Å². The summed E-state index contributed by atoms with van der Waals surface area (Å²) >= 11 is 5.91. The van der Waals surface area contributed by atoms with E-state index in [-0.39, 0.29) is 56.5 Å². The van der Waals surface area contributed by atoms with Crippen LogP contribution >= 0.6 is 11.6 Å². The van der Waals surface area contributed by atoms with Crippen molar-refractivity contribution >= 4 is 29.5 Å². The largest absolute Gasteiger partial charge is 0.459 e. The van der Waals surface area contributed by atoms with E-state index in [0.29, 0.717) is 49.6 Å². The molecule has 0 radical (unpaired) electrons. The standard InChI is InChI=1S/C39H56ClN3O10/c1-4-20-50-39-33(43(3)38(47)49-22-17-40)25-31(42-53-34-14-8-11-21-48-34)29-23-26(12-6-9-18-44)28(13-7-10-19-45)35(36(29)39)30-24-27(15-16-32(30)52-39)51-37(46)41-5-2/h4,15-16,23-24,26,28,33-36,44-45H,1,5-14,17-22,25H2,2-3H3,(H,41,46)/t26-,28+,33-,34?,35+,36+,39+/m0/s1. The Bertz CT molecular complexity index is 1450. The zero-order valence-electron chi connectivity index (χ0n) is 31.0. The Morgan fingerprint density at radius 2 is 1.96 bits per heavy atom. The van der Waals surface area contributed by atoms with Crippen molar-refractivity contribution in [2.45, 2.75) is 95.2 Å². The van der Waals surface area contributed by atoms with E-state index < -0.39 is 36.2 Å². The van der Waals surface area contributed by atoms with E-state index in [0.717, 1.165) is 49.7 Å². The second-order valence-electron chi connectivity index (χ2n) is 14.0. The molecule has 14 heteroatoms. The lowest BCUT2D eigenvalue weighted by Crippen LogP contribution is -2.69. The molecule has 2 aliphatic carbocycles. The average molecular weight is 762 g/mol. The Morgan fingerprint density at radius 1 is 1.17 bits per heavy atom. The number of nitrogens with one attached hydrogen (secondary N) is 1. The number of aliphatic hydroxyl groups is 2. The molecule has 13 nitrogen and oxygen atoms in total. The summed E-state index contributed by atoms with van der Waals surface area (Å²) in [5, 5.41) is 27.0. The van der Waals surface area contributed by atoms with Crippen molar-refractivity contribution in [1.82, 2.24) is 10.2 Å². The molecule has 294 valence electrons. The van der Waals surface area contributed by atoms with Crippen LogP contribution in [0.3, 0.4) is 0 Å². The number of hydrogen-bond acceptors (Lipinski definition) is 11. The number of rotatable bonds is 18. The summed E-state index contributed by atoms with van der Waals surface area (Å²) in [5.41, 5.74) is 2.38. The molecule has 7 atom stereocenters. The third-order valence-corrected chi connectivity index (χ3v) is 10.8. The van der Waals surface area contributed by atoms with E-state index in [1.54, 1.807) is 25.3 Å². The maximum Gasteiger partial charge on any atom is 0.412 e. The highest BCUT2D eigenvalue weighted by Gasteiger charge is 2.65. The van der Waals surface area contributed by atoms with E-state index in [9.17, 15) is 19.8 Å². The van der Waals surface area contributed by atoms with Gasteiger partial charge in [0, 0.05) is 51.1 Å². The highest BCUT2D eigenvalue weighted by molar-refractivity contribution is 6.18. The first-order valence-corrected chi connectivity index (χ1v) is 19.6. The van der Waals surface area contributed by atoms with E-state index in [2.05, 4.69) is 18.0 Å². The Labute approximate surface area is 317 Å². The Morgan fingerprint density at radius 3 is 2.66 bits per heavy atom. The number of alkyl halides is 1. The van der Waals surface area contributed by atoms with Gasteiger partial charge in [0.25, 0.3) is 0 Å². The molecule has 5 rings (SSSR count). The van der Waals surface area contributed by atoms with Crippen LogP contribution < -0.4 is 14.8 Å². The van der Waals surface area contributed by atoms with E-state index >= 15 is 0 Å². The Hall–Kier alpha value is -3.36. The number of amides is 2. The SMILES string of the molecule is C=CCO[C@@]12Oc3ccc(OC(=O)NCC)cc3[C@H]3[C@H](CCCCO)[C@@H](CCCCO)C=C(C(=NOC4CCCCO4)C[C@@H]1N(C)C(=O)OCCCl)[C@H]32. The fourth-order valence-electron chi connectivity index (χ4n) is 8.35. The summed E-state index contributed by atoms with van der Waals surface area (Å²) in [7, 11) is 1.66. The summed E-state index contributed by atoms with van der Waals surface area (Å²) in [6.45, 7) is 7.08. The van der Waals surface area contributed by atoms with Crippen molar-refractivity contribution in [3.8, 4) is 11.5 Å². The molecular weight excluding hydrogens is 706 g/mol. The molecule has 4 aliphatic rings. The number of ether oxygens (including phenoxy) is 5. The van der Waals surface area contributed by atoms with Gasteiger partial charge in [-0.3, -0.25) is 0 Å². The van der Waals surface area contributed by atoms with Gasteiger partial charge in [-0.05, 0) is 81.1 Å². The molecule has 0 spiro atoms. The second-order valence-corrected chi connectivity index (χ2v) is 14.4. The third-order valence-electron chi connectivity index (χ3n) is 10.7. The summed E-state index contributed by atoms with van der Waals surface area (Å²) in [6.07, 6.45) is 9.58. The number of hydrogen-bond donors (Lipinski definition) is 3. The van der Waals surface area contributed by atoms with E-state index in [1.165, 1.54) is 4.90 Å². The van der Waals surface area contributed by atoms with Gasteiger partial charge in [-0.2, -0.15) is 0 Å². The molecule has 1 unspecified atom stereocenters. The number of aliphatic hydroxyl groups excluding tert-OH is 2. The zero-order valence-corrected chi connectivity index (χ0v) is 31.8. The van der Waals surface area contributed by atoms with E-state index in [4.69, 9.17) is 45.3 Å². The minimum atomic E-state index is -1.43. The van der Waals surface area contributed by atoms with Crippen molar-refractivity contribution < 1.29 is 48.3 Å². The normalized spacial score (nSPS) is 28.1. The second kappa shape index (κ2) is 19.8. The molecule has 2 amide bonds. The smallest absolute Gasteiger partial charge is 0.412 e. The molecule has 1 saturated carbocycles. The molecule has 0 aromatic heterocycles. The molecule has 1 aromatic rings. The number of oxime groups is 1. The quantitative estimate of drug-likeness (QED) is 0.0675. The first-order chi connectivity index (χ1) is 25.8. The number of carbonyl (C=O) groups is 2. The van der Waals surface area contributed by atoms with Gasteiger partial charge in [-0.1, -0.05) is 30.1 Å². The van der Waals surface area contributed by atoms with Gasteiger partial charge in [0.1, 0.15) is 24.1 Å². The third kappa shape index (κ3) is 9.48. The molecule has 53 heavy (non-hydrogen) atoms. The molecule has 3 N–H and O–H groups in total. The van der Waals surface area contributed by atoms with E-state index in [1.807, 2.05) is 13.0 Å². The fourth-order valence-corrected chi connectivity index (χ4v) is 8.43. The van der Waals surface area contributed by atoms with Crippen LogP contribution in [0.2, 0.25) is 0 Å². The van der Waals surface area contributed by atoms with Crippen LogP contribution in [0.5, 0.6) is 11.5 Å². The lowest BCUT2D eigenvalue weighted by Gasteiger charge is -2.59. The number of unbranched alkanes of at least 4 members (excludes halogenated alkanes) is 2. The number of carbonyl (C=O) groups excluding carboxylic acids is 2. The lowest BCUT2D eigenvalue weighted by molar-refractivity contribution is -0.254. The van der Waals surface area contributed by atoms with Crippen molar-refractivity contribution in [2.75, 3.05) is 52.5 Å². The summed E-state index contributed by atoms with van der Waals surface area (Å²) in [5.74, 6) is -1.11. The lowest BCUT2D eigenvalue weighted by atomic mass is 9.55. The predicted molar refractivity (Wildman–Crippen MR) is 199 cm³/mol. The number of halogens is 1. The first kappa shape index (κ1) is 40.8. The number of nitrogens with zero attached hydrogens (tertiary/aromatic N) is 2. The summed E-state index contributed by atoms with van der Waals surface area (Å²) in [4.78, 5) is 33.8. The molecule has 1 saturated heterocycles. The maximum absolute atomic E-state index is 13.6. The van der Waals surface area contributed by atoms with Gasteiger partial charge in [-0.25, -0.2) is 9.59 Å². The van der Waals surface area contributed by atoms with Gasteiger partial charge in [0.15, 0.2) is 0 Å². The zero-order chi connectivity index (χ0) is 37.8. The van der Waals surface area contributed by atoms with Gasteiger partial charge in [0.2, 0.25) is 12.1 Å². The molecule has 1 aromatic carbocycles. The molecule has 2 aliphatic heterocycles. The van der Waals surface area contributed by atoms with Crippen molar-refractivity contribution in [3.63, 3.8) is 0 Å². The van der Waals surface area contributed by atoms with Crippen molar-refractivity contribution in [3.05, 3.63) is 48.1 Å². The predicted octanol–water partition coefficient (Wildman–Crippen LogP) is 6.26. The highest BCUT2D eigenvalue weighted by Crippen LogP contribution is 2.61. The van der Waals surface area contributed by atoms with Crippen LogP contribution in [0.25, 0.3) is 0 Å². The van der Waals surface area contributed by atoms with Crippen LogP contribution in [0, 0.1) is 17.8 Å². The fraction of sp³-hybridized carbons (Fsp3) is 0.667. The molecular formula is C39H56ClN3O10. The molecule has 2 heterocycles. The average Bonchev–Trinajstić information content (AvgIpc) is 3.17. The summed E-state index contributed by atoms with van der Waals surface area (Å²) < 4.78 is 31.0. The topological polar surface area (TPSA) is 158 Å². The number of allylic oxidation sites excluding steroid dienone is 1. The minimum absolute atomic E-state index is 0.0131. The Balaban J connectivity index is 1.73. The van der Waals surface area contributed by atoms with Crippen LogP contribution in [-0.4, -0.2) is 104 Å². The number of fused-ring (bicyclic) bond motifs is 2. The van der Waals surface area contributed by atoms with Crippen LogP contribution in [0.15, 0.2) is 47.7 Å². The monoisotopic (exact) mass is 761 g/mol. The van der Waals surface area contributed by atoms with Crippen LogP contribution in [0.1, 0.15) is 82.6 Å². The number of likely N-dealkylation sites (N-methyl/N-ethyl adjacent to an activating group) is 1. The first-order valence-electron chi connectivity index (χ1n) is 19.1.